The lowest BCUT2D eigenvalue weighted by Gasteiger charge is -2.22. The zero-order chi connectivity index (χ0) is 57.8. The summed E-state index contributed by atoms with van der Waals surface area (Å²) in [6, 6.07) is -0.546. The monoisotopic (exact) mass is 1120 g/mol. The van der Waals surface area contributed by atoms with Gasteiger partial charge in [0.15, 0.2) is 0 Å². The summed E-state index contributed by atoms with van der Waals surface area (Å²) in [5, 5.41) is 23.4. The van der Waals surface area contributed by atoms with E-state index in [0.29, 0.717) is 25.9 Å². The minimum Gasteiger partial charge on any atom is -0.466 e. The fourth-order valence-electron chi connectivity index (χ4n) is 11.1. The molecule has 0 aromatic rings. The quantitative estimate of drug-likeness (QED) is 0.0320. The Bertz CT molecular complexity index is 1340. The van der Waals surface area contributed by atoms with E-state index < -0.39 is 12.1 Å². The maximum Gasteiger partial charge on any atom is 0.305 e. The molecule has 0 radical (unpaired) electrons. The number of unbranched alkanes of at least 4 members (excludes halogenated alkanes) is 48. The number of ether oxygens (including phenoxy) is 1. The van der Waals surface area contributed by atoms with Crippen molar-refractivity contribution >= 4 is 11.9 Å². The van der Waals surface area contributed by atoms with Crippen LogP contribution >= 0.6 is 0 Å². The number of esters is 1. The van der Waals surface area contributed by atoms with E-state index in [0.717, 1.165) is 57.8 Å². The van der Waals surface area contributed by atoms with E-state index in [1.165, 1.54) is 295 Å². The van der Waals surface area contributed by atoms with Crippen LogP contribution in [0.5, 0.6) is 0 Å². The molecule has 0 bridgehead atoms. The van der Waals surface area contributed by atoms with E-state index in [1.54, 1.807) is 0 Å². The highest BCUT2D eigenvalue weighted by atomic mass is 16.5. The number of carbonyl (C=O) groups is 2. The van der Waals surface area contributed by atoms with Gasteiger partial charge in [-0.15, -0.1) is 0 Å². The van der Waals surface area contributed by atoms with Crippen LogP contribution in [-0.2, 0) is 14.3 Å². The Hall–Kier alpha value is -2.18. The van der Waals surface area contributed by atoms with Crippen molar-refractivity contribution in [3.8, 4) is 0 Å². The van der Waals surface area contributed by atoms with Gasteiger partial charge in [-0.3, -0.25) is 9.59 Å². The molecular formula is C74H139NO5. The maximum atomic E-state index is 12.6. The van der Waals surface area contributed by atoms with Crippen LogP contribution in [0.25, 0.3) is 0 Å². The first-order valence-corrected chi connectivity index (χ1v) is 35.9. The van der Waals surface area contributed by atoms with Crippen molar-refractivity contribution < 1.29 is 24.5 Å². The predicted octanol–water partition coefficient (Wildman–Crippen LogP) is 23.3. The maximum absolute atomic E-state index is 12.6. The summed E-state index contributed by atoms with van der Waals surface area (Å²) >= 11 is 0. The number of aliphatic hydroxyl groups is 2. The van der Waals surface area contributed by atoms with Crippen molar-refractivity contribution in [1.29, 1.82) is 0 Å². The number of aliphatic hydroxyl groups excluding tert-OH is 2. The topological polar surface area (TPSA) is 95.9 Å². The van der Waals surface area contributed by atoms with E-state index in [1.807, 2.05) is 0 Å². The van der Waals surface area contributed by atoms with Gasteiger partial charge < -0.3 is 20.3 Å². The van der Waals surface area contributed by atoms with E-state index in [4.69, 9.17) is 4.74 Å². The largest absolute Gasteiger partial charge is 0.466 e. The third-order valence-corrected chi connectivity index (χ3v) is 16.6. The second kappa shape index (κ2) is 69.3. The summed E-state index contributed by atoms with van der Waals surface area (Å²) in [5.74, 6) is -0.0383. The van der Waals surface area contributed by atoms with Crippen molar-refractivity contribution in [2.24, 2.45) is 0 Å². The molecule has 0 spiro atoms. The van der Waals surface area contributed by atoms with Crippen LogP contribution in [0.1, 0.15) is 386 Å². The summed E-state index contributed by atoms with van der Waals surface area (Å²) in [6.45, 7) is 4.93. The number of rotatable bonds is 67. The molecule has 2 unspecified atom stereocenters. The molecule has 2 atom stereocenters. The van der Waals surface area contributed by atoms with Crippen LogP contribution in [0.2, 0.25) is 0 Å². The number of nitrogens with one attached hydrogen (secondary N) is 1. The molecule has 1 amide bonds. The second-order valence-corrected chi connectivity index (χ2v) is 24.6. The Morgan fingerprint density at radius 1 is 0.350 bits per heavy atom. The van der Waals surface area contributed by atoms with Crippen LogP contribution in [0.15, 0.2) is 48.6 Å². The van der Waals surface area contributed by atoms with Gasteiger partial charge in [0, 0.05) is 12.8 Å². The van der Waals surface area contributed by atoms with Gasteiger partial charge in [0.25, 0.3) is 0 Å². The lowest BCUT2D eigenvalue weighted by atomic mass is 10.0. The first kappa shape index (κ1) is 77.8. The lowest BCUT2D eigenvalue weighted by Crippen LogP contribution is -2.45. The summed E-state index contributed by atoms with van der Waals surface area (Å²) in [4.78, 5) is 24.6. The van der Waals surface area contributed by atoms with Gasteiger partial charge in [-0.05, 0) is 83.5 Å². The Labute approximate surface area is 499 Å². The highest BCUT2D eigenvalue weighted by Crippen LogP contribution is 2.18. The molecule has 0 aliphatic heterocycles. The molecule has 0 fully saturated rings. The van der Waals surface area contributed by atoms with E-state index in [-0.39, 0.29) is 18.5 Å². The Kier molecular flexibility index (Phi) is 67.4. The number of carbonyl (C=O) groups excluding carboxylic acids is 2. The minimum absolute atomic E-state index is 0.00378. The average molecular weight is 1120 g/mol. The van der Waals surface area contributed by atoms with Crippen molar-refractivity contribution in [2.75, 3.05) is 13.2 Å². The molecule has 0 aliphatic carbocycles. The van der Waals surface area contributed by atoms with E-state index in [2.05, 4.69) is 67.8 Å². The smallest absolute Gasteiger partial charge is 0.305 e. The minimum atomic E-state index is -0.669. The molecule has 80 heavy (non-hydrogen) atoms. The molecule has 0 heterocycles. The molecule has 3 N–H and O–H groups in total. The van der Waals surface area contributed by atoms with Gasteiger partial charge >= 0.3 is 5.97 Å². The Morgan fingerprint density at radius 2 is 0.637 bits per heavy atom. The van der Waals surface area contributed by atoms with Gasteiger partial charge in [0.05, 0.1) is 25.4 Å². The van der Waals surface area contributed by atoms with Gasteiger partial charge in [-0.1, -0.05) is 339 Å². The van der Waals surface area contributed by atoms with Crippen LogP contribution in [0.4, 0.5) is 0 Å². The summed E-state index contributed by atoms with van der Waals surface area (Å²) in [6.07, 6.45) is 90.1. The highest BCUT2D eigenvalue weighted by molar-refractivity contribution is 5.76. The molecule has 6 nitrogen and oxygen atoms in total. The van der Waals surface area contributed by atoms with Crippen LogP contribution in [-0.4, -0.2) is 47.4 Å². The van der Waals surface area contributed by atoms with Gasteiger partial charge in [0.1, 0.15) is 0 Å². The molecule has 0 aromatic carbocycles. The van der Waals surface area contributed by atoms with Crippen molar-refractivity contribution in [3.05, 3.63) is 48.6 Å². The van der Waals surface area contributed by atoms with Gasteiger partial charge in [0.2, 0.25) is 5.91 Å². The summed E-state index contributed by atoms with van der Waals surface area (Å²) in [7, 11) is 0. The zero-order valence-electron chi connectivity index (χ0n) is 53.8. The third kappa shape index (κ3) is 65.0. The van der Waals surface area contributed by atoms with Gasteiger partial charge in [-0.25, -0.2) is 0 Å². The Balaban J connectivity index is 3.43. The standard InChI is InChI=1S/C74H139NO5/c1-3-5-7-9-11-13-15-17-19-20-21-22-30-33-36-39-42-46-50-54-58-62-66-72(77)71(70-76)75-73(78)67-63-59-55-51-47-43-40-37-34-31-28-26-24-23-25-27-29-32-35-38-41-45-49-53-57-61-65-69-80-74(79)68-64-60-56-52-48-44-18-16-14-12-10-8-6-4-2/h10,12,16,18,23-24,27,29,71-72,76-77H,3-9,11,13-15,17,19-22,25-26,28,30-70H2,1-2H3,(H,75,78)/b12-10-,18-16-,24-23-,29-27-. The SMILES string of the molecule is CCCC/C=C\C/C=C\CCCCCCCC(=O)OCCCCCCCCCCC/C=C\C/C=C\CCCCCCCCCCCCCC(=O)NC(CO)C(O)CCCCCCCCCCCCCCCCCCCCCCCC. The molecule has 0 rings (SSSR count). The number of hydrogen-bond donors (Lipinski definition) is 3. The average Bonchev–Trinajstić information content (AvgIpc) is 3.46. The fourth-order valence-corrected chi connectivity index (χ4v) is 11.1. The Morgan fingerprint density at radius 3 is 0.988 bits per heavy atom. The molecular weight excluding hydrogens is 983 g/mol. The molecule has 6 heteroatoms. The van der Waals surface area contributed by atoms with Crippen LogP contribution in [0.3, 0.4) is 0 Å². The van der Waals surface area contributed by atoms with E-state index in [9.17, 15) is 19.8 Å². The number of hydrogen-bond acceptors (Lipinski definition) is 5. The molecule has 0 aliphatic rings. The third-order valence-electron chi connectivity index (χ3n) is 16.6. The van der Waals surface area contributed by atoms with Crippen LogP contribution < -0.4 is 5.32 Å². The van der Waals surface area contributed by atoms with Crippen molar-refractivity contribution in [1.82, 2.24) is 5.32 Å². The summed E-state index contributed by atoms with van der Waals surface area (Å²) < 4.78 is 5.47. The van der Waals surface area contributed by atoms with Crippen LogP contribution in [0, 0.1) is 0 Å². The number of allylic oxidation sites excluding steroid dienone is 8. The fraction of sp³-hybridized carbons (Fsp3) is 0.865. The number of amides is 1. The lowest BCUT2D eigenvalue weighted by molar-refractivity contribution is -0.143. The second-order valence-electron chi connectivity index (χ2n) is 24.6. The van der Waals surface area contributed by atoms with Gasteiger partial charge in [-0.2, -0.15) is 0 Å². The van der Waals surface area contributed by atoms with Crippen molar-refractivity contribution in [3.63, 3.8) is 0 Å². The first-order chi connectivity index (χ1) is 39.5. The molecule has 0 saturated carbocycles. The normalized spacial score (nSPS) is 12.8. The highest BCUT2D eigenvalue weighted by Gasteiger charge is 2.20. The molecule has 0 aromatic heterocycles. The van der Waals surface area contributed by atoms with Crippen molar-refractivity contribution in [2.45, 2.75) is 398 Å². The first-order valence-electron chi connectivity index (χ1n) is 35.9. The summed E-state index contributed by atoms with van der Waals surface area (Å²) in [5.41, 5.74) is 0. The predicted molar refractivity (Wildman–Crippen MR) is 352 cm³/mol. The molecule has 470 valence electrons. The van der Waals surface area contributed by atoms with E-state index >= 15 is 0 Å². The zero-order valence-corrected chi connectivity index (χ0v) is 53.8. The molecule has 0 saturated heterocycles.